The summed E-state index contributed by atoms with van der Waals surface area (Å²) in [5.41, 5.74) is 16.2. The van der Waals surface area contributed by atoms with Crippen LogP contribution in [0.5, 0.6) is 0 Å². The lowest BCUT2D eigenvalue weighted by Gasteiger charge is -2.26. The van der Waals surface area contributed by atoms with Gasteiger partial charge in [-0.15, -0.1) is 0 Å². The molecule has 6 atom stereocenters. The van der Waals surface area contributed by atoms with Crippen LogP contribution in [0.2, 0.25) is 0 Å². The van der Waals surface area contributed by atoms with E-state index in [1.807, 2.05) is 48.5 Å². The summed E-state index contributed by atoms with van der Waals surface area (Å²) in [7, 11) is 0. The van der Waals surface area contributed by atoms with Gasteiger partial charge in [-0.1, -0.05) is 66.7 Å². The summed E-state index contributed by atoms with van der Waals surface area (Å²) in [6.07, 6.45) is 7.85. The number of amides is 5. The highest BCUT2D eigenvalue weighted by Gasteiger charge is 2.33. The number of carbonyl (C=O) groups excluding carboxylic acids is 5. The van der Waals surface area contributed by atoms with Crippen molar-refractivity contribution in [3.63, 3.8) is 0 Å². The van der Waals surface area contributed by atoms with Crippen molar-refractivity contribution in [3.05, 3.63) is 126 Å². The molecule has 6 rings (SSSR count). The van der Waals surface area contributed by atoms with Crippen LogP contribution in [0.15, 0.2) is 104 Å². The number of unbranched alkanes of at least 4 members (excludes halogenated alkanes) is 1. The van der Waals surface area contributed by atoms with E-state index in [1.165, 1.54) is 13.3 Å². The molecule has 64 heavy (non-hydrogen) atoms. The van der Waals surface area contributed by atoms with E-state index in [2.05, 4.69) is 46.5 Å². The first-order valence-corrected chi connectivity index (χ1v) is 21.2. The summed E-state index contributed by atoms with van der Waals surface area (Å²) >= 11 is 0. The van der Waals surface area contributed by atoms with Crippen molar-refractivity contribution in [1.82, 2.24) is 46.5 Å². The molecule has 0 radical (unpaired) electrons. The number of nitrogens with one attached hydrogen (secondary N) is 8. The second-order valence-electron chi connectivity index (χ2n) is 15.8. The molecule has 3 aromatic heterocycles. The monoisotopic (exact) mass is 873 g/mol. The van der Waals surface area contributed by atoms with Gasteiger partial charge in [-0.2, -0.15) is 0 Å². The molecule has 0 fully saturated rings. The SMILES string of the molecule is C[C@H](NC(=O)[C@H](Cc1c[nH]c2ccccc12)NC(=O)[C@@H](N)Cc1cnc[nH]1)C(=O)N[C@@H](Cc1c[nH]c2ccccc12)C(=O)N[C@@H](Cc1ccccc1)C(=O)N[C@@H](CCCCN)C(=O)O. The molecule has 0 aliphatic rings. The predicted octanol–water partition coefficient (Wildman–Crippen LogP) is 1.63. The molecule has 0 aliphatic heterocycles. The number of aliphatic carboxylic acids is 1. The Morgan fingerprint density at radius 2 is 1.12 bits per heavy atom. The molecule has 18 nitrogen and oxygen atoms in total. The van der Waals surface area contributed by atoms with Crippen LogP contribution >= 0.6 is 0 Å². The van der Waals surface area contributed by atoms with Gasteiger partial charge in [0.25, 0.3) is 0 Å². The van der Waals surface area contributed by atoms with Crippen molar-refractivity contribution < 1.29 is 33.9 Å². The topological polar surface area (TPSA) is 295 Å². The van der Waals surface area contributed by atoms with E-state index in [4.69, 9.17) is 11.5 Å². The number of imidazole rings is 1. The summed E-state index contributed by atoms with van der Waals surface area (Å²) in [5, 5.41) is 25.2. The van der Waals surface area contributed by atoms with Crippen LogP contribution < -0.4 is 38.1 Å². The molecule has 0 saturated heterocycles. The fourth-order valence-electron chi connectivity index (χ4n) is 7.49. The van der Waals surface area contributed by atoms with Gasteiger partial charge in [0.05, 0.1) is 12.4 Å². The molecule has 5 amide bonds. The third kappa shape index (κ3) is 12.4. The van der Waals surface area contributed by atoms with Crippen LogP contribution in [0.25, 0.3) is 21.8 Å². The van der Waals surface area contributed by atoms with Gasteiger partial charge in [-0.25, -0.2) is 9.78 Å². The van der Waals surface area contributed by atoms with Gasteiger partial charge in [0.2, 0.25) is 29.5 Å². The van der Waals surface area contributed by atoms with E-state index in [0.29, 0.717) is 36.2 Å². The molecule has 6 aromatic rings. The van der Waals surface area contributed by atoms with Crippen molar-refractivity contribution in [1.29, 1.82) is 0 Å². The zero-order valence-electron chi connectivity index (χ0n) is 35.4. The summed E-state index contributed by atoms with van der Waals surface area (Å²) < 4.78 is 0. The molecular weight excluding hydrogens is 819 g/mol. The Morgan fingerprint density at radius 1 is 0.609 bits per heavy atom. The number of fused-ring (bicyclic) bond motifs is 2. The van der Waals surface area contributed by atoms with Gasteiger partial charge in [-0.05, 0) is 61.6 Å². The molecular formula is C46H55N11O7. The van der Waals surface area contributed by atoms with Gasteiger partial charge in [-0.3, -0.25) is 24.0 Å². The molecule has 336 valence electrons. The molecule has 18 heteroatoms. The number of para-hydroxylation sites is 2. The normalized spacial score (nSPS) is 14.1. The number of rotatable bonds is 23. The van der Waals surface area contributed by atoms with E-state index < -0.39 is 71.8 Å². The Hall–Kier alpha value is -7.31. The minimum Gasteiger partial charge on any atom is -0.480 e. The predicted molar refractivity (Wildman–Crippen MR) is 240 cm³/mol. The van der Waals surface area contributed by atoms with Crippen LogP contribution in [-0.2, 0) is 54.5 Å². The minimum absolute atomic E-state index is 0.0167. The number of nitrogens with zero attached hydrogens (tertiary/aromatic N) is 1. The molecule has 0 spiro atoms. The van der Waals surface area contributed by atoms with Gasteiger partial charge < -0.3 is 58.1 Å². The molecule has 13 N–H and O–H groups in total. The highest BCUT2D eigenvalue weighted by Crippen LogP contribution is 2.21. The van der Waals surface area contributed by atoms with Crippen LogP contribution in [0.4, 0.5) is 0 Å². The second-order valence-corrected chi connectivity index (χ2v) is 15.8. The van der Waals surface area contributed by atoms with Gasteiger partial charge >= 0.3 is 5.97 Å². The second kappa shape index (κ2) is 22.2. The molecule has 3 aromatic carbocycles. The first-order valence-electron chi connectivity index (χ1n) is 21.2. The van der Waals surface area contributed by atoms with E-state index in [1.54, 1.807) is 48.9 Å². The first kappa shape index (κ1) is 46.2. The molecule has 3 heterocycles. The number of carboxylic acid groups (broad SMARTS) is 1. The number of aromatic amines is 3. The van der Waals surface area contributed by atoms with Crippen LogP contribution in [0.3, 0.4) is 0 Å². The Labute approximate surface area is 369 Å². The lowest BCUT2D eigenvalue weighted by atomic mass is 10.0. The molecule has 0 unspecified atom stereocenters. The van der Waals surface area contributed by atoms with Crippen molar-refractivity contribution in [3.8, 4) is 0 Å². The number of hydrogen-bond donors (Lipinski definition) is 11. The fourth-order valence-corrected chi connectivity index (χ4v) is 7.49. The molecule has 0 bridgehead atoms. The zero-order valence-corrected chi connectivity index (χ0v) is 35.4. The smallest absolute Gasteiger partial charge is 0.326 e. The zero-order chi connectivity index (χ0) is 45.6. The summed E-state index contributed by atoms with van der Waals surface area (Å²) in [6, 6.07) is 16.7. The third-order valence-corrected chi connectivity index (χ3v) is 11.0. The van der Waals surface area contributed by atoms with E-state index >= 15 is 0 Å². The minimum atomic E-state index is -1.28. The fraction of sp³-hybridized carbons (Fsp3) is 0.326. The Balaban J connectivity index is 1.22. The number of aromatic nitrogens is 4. The number of carboxylic acids is 1. The Morgan fingerprint density at radius 3 is 1.69 bits per heavy atom. The Kier molecular flexibility index (Phi) is 16.0. The first-order chi connectivity index (χ1) is 30.9. The van der Waals surface area contributed by atoms with Gasteiger partial charge in [0.1, 0.15) is 30.2 Å². The average Bonchev–Trinajstić information content (AvgIpc) is 4.06. The average molecular weight is 874 g/mol. The van der Waals surface area contributed by atoms with E-state index in [-0.39, 0.29) is 32.1 Å². The highest BCUT2D eigenvalue weighted by atomic mass is 16.4. The van der Waals surface area contributed by atoms with Gasteiger partial charge in [0.15, 0.2) is 0 Å². The molecule has 0 saturated carbocycles. The number of nitrogens with two attached hydrogens (primary N) is 2. The molecule has 0 aliphatic carbocycles. The number of hydrogen-bond acceptors (Lipinski definition) is 9. The largest absolute Gasteiger partial charge is 0.480 e. The van der Waals surface area contributed by atoms with Crippen molar-refractivity contribution >= 4 is 57.3 Å². The van der Waals surface area contributed by atoms with E-state index in [0.717, 1.165) is 27.4 Å². The number of H-pyrrole nitrogens is 3. The number of benzene rings is 3. The lowest BCUT2D eigenvalue weighted by Crippen LogP contribution is -2.59. The summed E-state index contributed by atoms with van der Waals surface area (Å²) in [6.45, 7) is 1.81. The van der Waals surface area contributed by atoms with Crippen molar-refractivity contribution in [2.45, 2.75) is 88.1 Å². The highest BCUT2D eigenvalue weighted by molar-refractivity contribution is 5.97. The van der Waals surface area contributed by atoms with Crippen LogP contribution in [0.1, 0.15) is 48.6 Å². The lowest BCUT2D eigenvalue weighted by molar-refractivity contribution is -0.142. The summed E-state index contributed by atoms with van der Waals surface area (Å²) in [5.74, 6) is -4.66. The van der Waals surface area contributed by atoms with Crippen molar-refractivity contribution in [2.24, 2.45) is 11.5 Å². The maximum Gasteiger partial charge on any atom is 0.326 e. The standard InChI is InChI=1S/C46H55N11O7/c1-27(53-43(60)39(20-29-23-50-35-15-7-5-13-32(29)35)56-42(59)34(48)22-31-25-49-26-52-31)41(58)55-40(21-30-24-51-36-16-8-6-14-33(30)36)45(62)57-38(19-28-11-3-2-4-12-28)44(61)54-37(46(63)64)17-9-10-18-47/h2-8,11-16,23-27,34,37-40,50-51H,9-10,17-22,47-48H2,1H3,(H,49,52)(H,53,60)(H,54,61)(H,55,58)(H,56,59)(H,57,62)(H,63,64)/t27-,34-,37-,38-,39-,40-/m0/s1. The van der Waals surface area contributed by atoms with Crippen LogP contribution in [0, 0.1) is 0 Å². The van der Waals surface area contributed by atoms with E-state index in [9.17, 15) is 33.9 Å². The maximum atomic E-state index is 14.4. The Bertz CT molecular complexity index is 2520. The third-order valence-electron chi connectivity index (χ3n) is 11.0. The van der Waals surface area contributed by atoms with Crippen LogP contribution in [-0.4, -0.2) is 103 Å². The quantitative estimate of drug-likeness (QED) is 0.0414. The van der Waals surface area contributed by atoms with Gasteiger partial charge in [0, 0.05) is 71.8 Å². The maximum absolute atomic E-state index is 14.4. The number of carbonyl (C=O) groups is 6. The summed E-state index contributed by atoms with van der Waals surface area (Å²) in [4.78, 5) is 95.2. The van der Waals surface area contributed by atoms with Crippen molar-refractivity contribution in [2.75, 3.05) is 6.54 Å².